The number of benzene rings is 1. The molecule has 0 bridgehead atoms. The molecule has 2 rings (SSSR count). The van der Waals surface area contributed by atoms with Gasteiger partial charge < -0.3 is 25.0 Å². The van der Waals surface area contributed by atoms with Gasteiger partial charge in [0.2, 0.25) is 0 Å². The molecule has 0 amide bonds. The smallest absolute Gasteiger partial charge is 0.191 e. The second-order valence-corrected chi connectivity index (χ2v) is 8.22. The maximum atomic E-state index is 5.38. The summed E-state index contributed by atoms with van der Waals surface area (Å²) in [5, 5.41) is 6.79. The van der Waals surface area contributed by atoms with Crippen molar-refractivity contribution < 1.29 is 9.47 Å². The zero-order valence-corrected chi connectivity index (χ0v) is 21.7. The average molecular weight is 533 g/mol. The van der Waals surface area contributed by atoms with E-state index in [2.05, 4.69) is 36.3 Å². The quantitative estimate of drug-likeness (QED) is 0.206. The fraction of sp³-hybridized carbons (Fsp3) is 0.696. The van der Waals surface area contributed by atoms with Crippen molar-refractivity contribution in [3.05, 3.63) is 23.8 Å². The number of likely N-dealkylation sites (tertiary alicyclic amines) is 1. The predicted molar refractivity (Wildman–Crippen MR) is 136 cm³/mol. The number of halogens is 1. The zero-order chi connectivity index (χ0) is 21.1. The standard InChI is InChI=1S/C23H40N4O2.HI/c1-6-24-23(26-15-20-9-10-21(28-4)22(14-20)29-5)25-11-7-8-12-27-16-18(2)13-19(3)17-27;/h9-10,14,18-19H,6-8,11-13,15-17H2,1-5H3,(H2,24,25,26);1H. The van der Waals surface area contributed by atoms with E-state index in [0.717, 1.165) is 54.4 Å². The molecule has 6 nitrogen and oxygen atoms in total. The van der Waals surface area contributed by atoms with E-state index in [1.54, 1.807) is 14.2 Å². The van der Waals surface area contributed by atoms with Gasteiger partial charge in [0.1, 0.15) is 0 Å². The van der Waals surface area contributed by atoms with Crippen molar-refractivity contribution in [3.63, 3.8) is 0 Å². The van der Waals surface area contributed by atoms with Gasteiger partial charge in [0.05, 0.1) is 20.8 Å². The molecule has 172 valence electrons. The Morgan fingerprint density at radius 1 is 1.07 bits per heavy atom. The Kier molecular flexibility index (Phi) is 13.2. The Bertz CT molecular complexity index is 632. The van der Waals surface area contributed by atoms with Gasteiger partial charge in [0, 0.05) is 26.2 Å². The van der Waals surface area contributed by atoms with Crippen molar-refractivity contribution in [2.45, 2.75) is 46.6 Å². The van der Waals surface area contributed by atoms with Gasteiger partial charge in [-0.15, -0.1) is 24.0 Å². The number of nitrogens with zero attached hydrogens (tertiary/aromatic N) is 2. The molecule has 2 unspecified atom stereocenters. The molecule has 0 spiro atoms. The number of hydrogen-bond acceptors (Lipinski definition) is 4. The molecule has 1 aromatic rings. The molecular formula is C23H41IN4O2. The van der Waals surface area contributed by atoms with E-state index in [9.17, 15) is 0 Å². The van der Waals surface area contributed by atoms with Crippen LogP contribution in [-0.4, -0.2) is 57.8 Å². The third-order valence-electron chi connectivity index (χ3n) is 5.35. The van der Waals surface area contributed by atoms with Crippen LogP contribution in [0, 0.1) is 11.8 Å². The Morgan fingerprint density at radius 3 is 2.40 bits per heavy atom. The average Bonchev–Trinajstić information content (AvgIpc) is 2.70. The molecule has 2 atom stereocenters. The van der Waals surface area contributed by atoms with Crippen molar-refractivity contribution >= 4 is 29.9 Å². The minimum atomic E-state index is 0. The highest BCUT2D eigenvalue weighted by atomic mass is 127. The van der Waals surface area contributed by atoms with E-state index in [4.69, 9.17) is 14.5 Å². The monoisotopic (exact) mass is 532 g/mol. The first-order chi connectivity index (χ1) is 14.0. The summed E-state index contributed by atoms with van der Waals surface area (Å²) in [5.74, 6) is 4.01. The molecule has 1 heterocycles. The first-order valence-electron chi connectivity index (χ1n) is 11.0. The van der Waals surface area contributed by atoms with Crippen LogP contribution in [0.25, 0.3) is 0 Å². The molecule has 0 aromatic heterocycles. The van der Waals surface area contributed by atoms with Crippen LogP contribution in [0.1, 0.15) is 45.6 Å². The lowest BCUT2D eigenvalue weighted by molar-refractivity contribution is 0.139. The van der Waals surface area contributed by atoms with Gasteiger partial charge in [-0.1, -0.05) is 19.9 Å². The summed E-state index contributed by atoms with van der Waals surface area (Å²) in [5.41, 5.74) is 1.09. The number of guanidine groups is 1. The lowest BCUT2D eigenvalue weighted by Gasteiger charge is -2.34. The number of hydrogen-bond donors (Lipinski definition) is 2. The highest BCUT2D eigenvalue weighted by molar-refractivity contribution is 14.0. The minimum Gasteiger partial charge on any atom is -0.493 e. The van der Waals surface area contributed by atoms with Crippen LogP contribution in [-0.2, 0) is 6.54 Å². The maximum Gasteiger partial charge on any atom is 0.191 e. The van der Waals surface area contributed by atoms with Gasteiger partial charge in [0.25, 0.3) is 0 Å². The topological polar surface area (TPSA) is 58.1 Å². The molecular weight excluding hydrogens is 491 g/mol. The molecule has 1 fully saturated rings. The number of unbranched alkanes of at least 4 members (excludes halogenated alkanes) is 1. The number of rotatable bonds is 10. The van der Waals surface area contributed by atoms with Gasteiger partial charge in [-0.3, -0.25) is 0 Å². The van der Waals surface area contributed by atoms with Crippen molar-refractivity contribution in [1.82, 2.24) is 15.5 Å². The summed E-state index contributed by atoms with van der Waals surface area (Å²) in [6, 6.07) is 5.92. The van der Waals surface area contributed by atoms with Crippen molar-refractivity contribution in [2.75, 3.05) is 46.9 Å². The Hall–Kier alpha value is -1.22. The Labute approximate surface area is 200 Å². The Balaban J connectivity index is 0.00000450. The molecule has 1 saturated heterocycles. The van der Waals surface area contributed by atoms with Crippen LogP contribution in [0.3, 0.4) is 0 Å². The van der Waals surface area contributed by atoms with Crippen LogP contribution >= 0.6 is 24.0 Å². The molecule has 2 N–H and O–H groups in total. The second kappa shape index (κ2) is 14.7. The molecule has 0 aliphatic carbocycles. The highest BCUT2D eigenvalue weighted by Crippen LogP contribution is 2.27. The molecule has 0 saturated carbocycles. The third-order valence-corrected chi connectivity index (χ3v) is 5.35. The number of methoxy groups -OCH3 is 2. The van der Waals surface area contributed by atoms with Crippen LogP contribution in [0.2, 0.25) is 0 Å². The summed E-state index contributed by atoms with van der Waals surface area (Å²) in [4.78, 5) is 7.34. The normalized spacial score (nSPS) is 19.7. The molecule has 1 aromatic carbocycles. The predicted octanol–water partition coefficient (Wildman–Crippen LogP) is 4.14. The molecule has 0 radical (unpaired) electrons. The van der Waals surface area contributed by atoms with Crippen LogP contribution in [0.5, 0.6) is 11.5 Å². The van der Waals surface area contributed by atoms with E-state index in [-0.39, 0.29) is 24.0 Å². The van der Waals surface area contributed by atoms with Crippen LogP contribution in [0.15, 0.2) is 23.2 Å². The number of ether oxygens (including phenoxy) is 2. The minimum absolute atomic E-state index is 0. The zero-order valence-electron chi connectivity index (χ0n) is 19.4. The SMILES string of the molecule is CCNC(=NCc1ccc(OC)c(OC)c1)NCCCCN1CC(C)CC(C)C1.I. The van der Waals surface area contributed by atoms with Gasteiger partial charge in [-0.25, -0.2) is 4.99 Å². The molecule has 1 aliphatic rings. The fourth-order valence-electron chi connectivity index (χ4n) is 4.13. The first-order valence-corrected chi connectivity index (χ1v) is 11.0. The molecule has 1 aliphatic heterocycles. The number of aliphatic imine (C=N–C) groups is 1. The van der Waals surface area contributed by atoms with E-state index in [1.807, 2.05) is 18.2 Å². The largest absolute Gasteiger partial charge is 0.493 e. The second-order valence-electron chi connectivity index (χ2n) is 8.22. The van der Waals surface area contributed by atoms with E-state index in [0.29, 0.717) is 6.54 Å². The lowest BCUT2D eigenvalue weighted by atomic mass is 9.92. The summed E-state index contributed by atoms with van der Waals surface area (Å²) >= 11 is 0. The first kappa shape index (κ1) is 26.8. The van der Waals surface area contributed by atoms with Gasteiger partial charge in [-0.05, 0) is 62.3 Å². The van der Waals surface area contributed by atoms with Gasteiger partial charge in [-0.2, -0.15) is 0 Å². The summed E-state index contributed by atoms with van der Waals surface area (Å²) in [6.45, 7) is 12.9. The summed E-state index contributed by atoms with van der Waals surface area (Å²) < 4.78 is 10.7. The number of nitrogens with one attached hydrogen (secondary N) is 2. The van der Waals surface area contributed by atoms with E-state index in [1.165, 1.54) is 32.5 Å². The van der Waals surface area contributed by atoms with E-state index < -0.39 is 0 Å². The fourth-order valence-corrected chi connectivity index (χ4v) is 4.13. The molecule has 30 heavy (non-hydrogen) atoms. The van der Waals surface area contributed by atoms with Gasteiger partial charge >= 0.3 is 0 Å². The van der Waals surface area contributed by atoms with Crippen LogP contribution in [0.4, 0.5) is 0 Å². The summed E-state index contributed by atoms with van der Waals surface area (Å²) in [7, 11) is 3.30. The highest BCUT2D eigenvalue weighted by Gasteiger charge is 2.20. The summed E-state index contributed by atoms with van der Waals surface area (Å²) in [6.07, 6.45) is 3.75. The molecule has 7 heteroatoms. The van der Waals surface area contributed by atoms with Crippen LogP contribution < -0.4 is 20.1 Å². The van der Waals surface area contributed by atoms with Crippen molar-refractivity contribution in [2.24, 2.45) is 16.8 Å². The lowest BCUT2D eigenvalue weighted by Crippen LogP contribution is -2.40. The van der Waals surface area contributed by atoms with Gasteiger partial charge in [0.15, 0.2) is 17.5 Å². The maximum absolute atomic E-state index is 5.38. The van der Waals surface area contributed by atoms with Crippen molar-refractivity contribution in [3.8, 4) is 11.5 Å². The number of piperidine rings is 1. The third kappa shape index (κ3) is 9.29. The Morgan fingerprint density at radius 2 is 1.77 bits per heavy atom. The van der Waals surface area contributed by atoms with E-state index >= 15 is 0 Å². The van der Waals surface area contributed by atoms with Crippen molar-refractivity contribution in [1.29, 1.82) is 0 Å².